The van der Waals surface area contributed by atoms with Crippen LogP contribution in [-0.2, 0) is 10.0 Å². The lowest BCUT2D eigenvalue weighted by Crippen LogP contribution is -2.49. The molecule has 1 aliphatic heterocycles. The summed E-state index contributed by atoms with van der Waals surface area (Å²) in [4.78, 5) is 6.18. The topological polar surface area (TPSA) is 88.5 Å². The molecule has 156 valence electrons. The minimum absolute atomic E-state index is 0.220. The SMILES string of the molecule is CCOc1ccc(-c2ccc(N3CCN(S(=O)(=O)c4cccnc4)CC3)nn2)cc1. The van der Waals surface area contributed by atoms with Crippen molar-refractivity contribution in [2.75, 3.05) is 37.7 Å². The number of hydrogen-bond acceptors (Lipinski definition) is 7. The van der Waals surface area contributed by atoms with Gasteiger partial charge in [-0.2, -0.15) is 4.31 Å². The highest BCUT2D eigenvalue weighted by molar-refractivity contribution is 7.89. The van der Waals surface area contributed by atoms with Crippen LogP contribution in [0.4, 0.5) is 5.82 Å². The van der Waals surface area contributed by atoms with Gasteiger partial charge in [0, 0.05) is 44.1 Å². The smallest absolute Gasteiger partial charge is 0.244 e. The molecule has 0 unspecified atom stereocenters. The Morgan fingerprint density at radius 1 is 0.967 bits per heavy atom. The van der Waals surface area contributed by atoms with Crippen LogP contribution in [0.15, 0.2) is 65.8 Å². The van der Waals surface area contributed by atoms with E-state index in [1.165, 1.54) is 10.5 Å². The lowest BCUT2D eigenvalue weighted by atomic mass is 10.1. The molecule has 0 spiro atoms. The Labute approximate surface area is 176 Å². The zero-order valence-corrected chi connectivity index (χ0v) is 17.5. The van der Waals surface area contributed by atoms with Crippen LogP contribution in [0.1, 0.15) is 6.92 Å². The van der Waals surface area contributed by atoms with E-state index in [0.29, 0.717) is 32.8 Å². The van der Waals surface area contributed by atoms with Crippen LogP contribution in [0, 0.1) is 0 Å². The molecular weight excluding hydrogens is 402 g/mol. The van der Waals surface area contributed by atoms with Crippen molar-refractivity contribution in [1.29, 1.82) is 0 Å². The monoisotopic (exact) mass is 425 g/mol. The molecule has 2 aromatic heterocycles. The summed E-state index contributed by atoms with van der Waals surface area (Å²) < 4.78 is 32.4. The molecule has 1 aliphatic rings. The van der Waals surface area contributed by atoms with Gasteiger partial charge in [-0.25, -0.2) is 8.42 Å². The summed E-state index contributed by atoms with van der Waals surface area (Å²) in [5.41, 5.74) is 1.74. The summed E-state index contributed by atoms with van der Waals surface area (Å²) in [6.45, 7) is 4.46. The van der Waals surface area contributed by atoms with Crippen molar-refractivity contribution in [2.24, 2.45) is 0 Å². The first kappa shape index (κ1) is 20.2. The highest BCUT2D eigenvalue weighted by atomic mass is 32.2. The summed E-state index contributed by atoms with van der Waals surface area (Å²) in [6.07, 6.45) is 2.94. The molecule has 1 fully saturated rings. The predicted octanol–water partition coefficient (Wildman–Crippen LogP) is 2.45. The third-order valence-corrected chi connectivity index (χ3v) is 6.83. The number of nitrogens with zero attached hydrogens (tertiary/aromatic N) is 5. The molecule has 30 heavy (non-hydrogen) atoms. The minimum Gasteiger partial charge on any atom is -0.494 e. The van der Waals surface area contributed by atoms with Crippen molar-refractivity contribution >= 4 is 15.8 Å². The number of rotatable bonds is 6. The van der Waals surface area contributed by atoms with Gasteiger partial charge in [0.1, 0.15) is 10.6 Å². The molecule has 0 saturated carbocycles. The van der Waals surface area contributed by atoms with Gasteiger partial charge in [-0.3, -0.25) is 4.98 Å². The van der Waals surface area contributed by atoms with Crippen molar-refractivity contribution in [2.45, 2.75) is 11.8 Å². The average molecular weight is 426 g/mol. The van der Waals surface area contributed by atoms with E-state index in [1.807, 2.05) is 48.2 Å². The van der Waals surface area contributed by atoms with Gasteiger partial charge in [-0.05, 0) is 55.5 Å². The fourth-order valence-corrected chi connectivity index (χ4v) is 4.73. The summed E-state index contributed by atoms with van der Waals surface area (Å²) in [7, 11) is -3.52. The fourth-order valence-electron chi connectivity index (χ4n) is 3.34. The first-order valence-electron chi connectivity index (χ1n) is 9.80. The van der Waals surface area contributed by atoms with Gasteiger partial charge in [0.05, 0.1) is 12.3 Å². The Balaban J connectivity index is 1.40. The summed E-state index contributed by atoms with van der Waals surface area (Å²) in [6, 6.07) is 14.8. The molecule has 1 saturated heterocycles. The van der Waals surface area contributed by atoms with E-state index in [9.17, 15) is 8.42 Å². The van der Waals surface area contributed by atoms with E-state index in [1.54, 1.807) is 18.3 Å². The first-order chi connectivity index (χ1) is 14.6. The molecule has 0 amide bonds. The maximum absolute atomic E-state index is 12.7. The molecule has 0 aliphatic carbocycles. The van der Waals surface area contributed by atoms with Gasteiger partial charge in [-0.15, -0.1) is 10.2 Å². The summed E-state index contributed by atoms with van der Waals surface area (Å²) in [5.74, 6) is 1.56. The van der Waals surface area contributed by atoms with Crippen LogP contribution < -0.4 is 9.64 Å². The molecule has 0 radical (unpaired) electrons. The van der Waals surface area contributed by atoms with Crippen LogP contribution in [0.25, 0.3) is 11.3 Å². The second-order valence-corrected chi connectivity index (χ2v) is 8.75. The number of pyridine rings is 1. The van der Waals surface area contributed by atoms with E-state index in [0.717, 1.165) is 22.8 Å². The van der Waals surface area contributed by atoms with Gasteiger partial charge in [0.15, 0.2) is 5.82 Å². The third-order valence-electron chi connectivity index (χ3n) is 4.95. The molecule has 3 aromatic rings. The van der Waals surface area contributed by atoms with Gasteiger partial charge in [0.25, 0.3) is 0 Å². The minimum atomic E-state index is -3.52. The Morgan fingerprint density at radius 3 is 2.33 bits per heavy atom. The van der Waals surface area contributed by atoms with E-state index in [2.05, 4.69) is 15.2 Å². The van der Waals surface area contributed by atoms with Crippen molar-refractivity contribution in [1.82, 2.24) is 19.5 Å². The molecular formula is C21H23N5O3S. The molecule has 0 bridgehead atoms. The molecule has 8 nitrogen and oxygen atoms in total. The number of anilines is 1. The zero-order chi connectivity index (χ0) is 21.0. The highest BCUT2D eigenvalue weighted by Gasteiger charge is 2.29. The average Bonchev–Trinajstić information content (AvgIpc) is 2.81. The number of aromatic nitrogens is 3. The Morgan fingerprint density at radius 2 is 1.73 bits per heavy atom. The largest absolute Gasteiger partial charge is 0.494 e. The van der Waals surface area contributed by atoms with E-state index < -0.39 is 10.0 Å². The molecule has 0 atom stereocenters. The zero-order valence-electron chi connectivity index (χ0n) is 16.7. The maximum atomic E-state index is 12.7. The van der Waals surface area contributed by atoms with E-state index in [-0.39, 0.29) is 4.90 Å². The van der Waals surface area contributed by atoms with Crippen LogP contribution >= 0.6 is 0 Å². The third kappa shape index (κ3) is 4.27. The Hall–Kier alpha value is -3.04. The van der Waals surface area contributed by atoms with Gasteiger partial charge >= 0.3 is 0 Å². The summed E-state index contributed by atoms with van der Waals surface area (Å²) in [5, 5.41) is 8.69. The van der Waals surface area contributed by atoms with E-state index >= 15 is 0 Å². The fraction of sp³-hybridized carbons (Fsp3) is 0.286. The Bertz CT molecular complexity index is 1070. The Kier molecular flexibility index (Phi) is 5.91. The van der Waals surface area contributed by atoms with Crippen molar-refractivity contribution in [3.63, 3.8) is 0 Å². The van der Waals surface area contributed by atoms with Crippen LogP contribution in [0.2, 0.25) is 0 Å². The molecule has 0 N–H and O–H groups in total. The van der Waals surface area contributed by atoms with Crippen LogP contribution in [0.5, 0.6) is 5.75 Å². The number of hydrogen-bond donors (Lipinski definition) is 0. The first-order valence-corrected chi connectivity index (χ1v) is 11.2. The van der Waals surface area contributed by atoms with Crippen molar-refractivity contribution < 1.29 is 13.2 Å². The maximum Gasteiger partial charge on any atom is 0.244 e. The van der Waals surface area contributed by atoms with Crippen molar-refractivity contribution in [3.8, 4) is 17.0 Å². The van der Waals surface area contributed by atoms with Crippen molar-refractivity contribution in [3.05, 3.63) is 60.9 Å². The van der Waals surface area contributed by atoms with Crippen LogP contribution in [0.3, 0.4) is 0 Å². The second kappa shape index (κ2) is 8.76. The number of benzene rings is 1. The van der Waals surface area contributed by atoms with Crippen LogP contribution in [-0.4, -0.2) is 60.7 Å². The van der Waals surface area contributed by atoms with Gasteiger partial charge < -0.3 is 9.64 Å². The van der Waals surface area contributed by atoms with E-state index in [4.69, 9.17) is 4.74 Å². The second-order valence-electron chi connectivity index (χ2n) is 6.81. The van der Waals surface area contributed by atoms with Gasteiger partial charge in [0.2, 0.25) is 10.0 Å². The predicted molar refractivity (Wildman–Crippen MR) is 114 cm³/mol. The lowest BCUT2D eigenvalue weighted by molar-refractivity contribution is 0.340. The lowest BCUT2D eigenvalue weighted by Gasteiger charge is -2.34. The molecule has 1 aromatic carbocycles. The number of piperazine rings is 1. The molecule has 3 heterocycles. The number of ether oxygens (including phenoxy) is 1. The normalized spacial score (nSPS) is 15.2. The van der Waals surface area contributed by atoms with Gasteiger partial charge in [-0.1, -0.05) is 0 Å². The quantitative estimate of drug-likeness (QED) is 0.599. The molecule has 4 rings (SSSR count). The number of sulfonamides is 1. The standard InChI is InChI=1S/C21H23N5O3S/c1-2-29-18-7-5-17(6-8-18)20-9-10-21(24-23-20)25-12-14-26(15-13-25)30(27,28)19-4-3-11-22-16-19/h3-11,16H,2,12-15H2,1H3. The summed E-state index contributed by atoms with van der Waals surface area (Å²) >= 11 is 0. The highest BCUT2D eigenvalue weighted by Crippen LogP contribution is 2.23. The molecule has 9 heteroatoms.